The standard InChI is InChI=1S/C29H21ClFNO4S/c1-35-25-14-19(13-24(30)27(25)36-17-18-9-11-22(31)12-10-18)15-26-28(33)32(29(34)37-26)16-21-7-4-6-20-5-2-3-8-23(20)21/h2-15H,16-17H2,1H3/b26-15+. The van der Waals surface area contributed by atoms with Gasteiger partial charge in [-0.1, -0.05) is 66.2 Å². The number of fused-ring (bicyclic) bond motifs is 1. The van der Waals surface area contributed by atoms with Gasteiger partial charge in [0.15, 0.2) is 11.5 Å². The fraction of sp³-hybridized carbons (Fsp3) is 0.103. The van der Waals surface area contributed by atoms with Crippen LogP contribution in [0.25, 0.3) is 16.8 Å². The van der Waals surface area contributed by atoms with Crippen molar-refractivity contribution in [3.05, 3.63) is 111 Å². The van der Waals surface area contributed by atoms with Gasteiger partial charge in [-0.3, -0.25) is 14.5 Å². The lowest BCUT2D eigenvalue weighted by molar-refractivity contribution is -0.123. The highest BCUT2D eigenvalue weighted by molar-refractivity contribution is 8.18. The Morgan fingerprint density at radius 3 is 2.54 bits per heavy atom. The molecule has 0 radical (unpaired) electrons. The number of nitrogens with zero attached hydrogens (tertiary/aromatic N) is 1. The lowest BCUT2D eigenvalue weighted by atomic mass is 10.0. The molecule has 37 heavy (non-hydrogen) atoms. The van der Waals surface area contributed by atoms with Gasteiger partial charge in [0, 0.05) is 0 Å². The van der Waals surface area contributed by atoms with Crippen LogP contribution in [0.3, 0.4) is 0 Å². The van der Waals surface area contributed by atoms with Crippen molar-refractivity contribution in [2.45, 2.75) is 13.2 Å². The van der Waals surface area contributed by atoms with Crippen LogP contribution in [0.15, 0.2) is 83.8 Å². The topological polar surface area (TPSA) is 55.8 Å². The summed E-state index contributed by atoms with van der Waals surface area (Å²) in [7, 11) is 1.48. The minimum absolute atomic E-state index is 0.169. The smallest absolute Gasteiger partial charge is 0.293 e. The first kappa shape index (κ1) is 24.9. The number of carbonyl (C=O) groups excluding carboxylic acids is 2. The van der Waals surface area contributed by atoms with E-state index in [2.05, 4.69) is 0 Å². The lowest BCUT2D eigenvalue weighted by Gasteiger charge is -2.14. The Morgan fingerprint density at radius 1 is 1.00 bits per heavy atom. The third kappa shape index (κ3) is 5.33. The van der Waals surface area contributed by atoms with E-state index in [1.54, 1.807) is 30.3 Å². The van der Waals surface area contributed by atoms with Crippen LogP contribution in [0, 0.1) is 5.82 Å². The summed E-state index contributed by atoms with van der Waals surface area (Å²) in [4.78, 5) is 27.4. The zero-order valence-electron chi connectivity index (χ0n) is 19.7. The van der Waals surface area contributed by atoms with Crippen molar-refractivity contribution >= 4 is 51.4 Å². The largest absolute Gasteiger partial charge is 0.493 e. The van der Waals surface area contributed by atoms with Gasteiger partial charge in [0.1, 0.15) is 12.4 Å². The van der Waals surface area contributed by atoms with E-state index < -0.39 is 0 Å². The summed E-state index contributed by atoms with van der Waals surface area (Å²) in [5.74, 6) is 0.00505. The summed E-state index contributed by atoms with van der Waals surface area (Å²) < 4.78 is 24.4. The Bertz CT molecular complexity index is 1530. The molecule has 2 amide bonds. The van der Waals surface area contributed by atoms with Crippen molar-refractivity contribution in [2.24, 2.45) is 0 Å². The third-order valence-corrected chi connectivity index (χ3v) is 7.12. The zero-order chi connectivity index (χ0) is 25.9. The Hall–Kier alpha value is -3.81. The molecule has 1 heterocycles. The number of hydrogen-bond acceptors (Lipinski definition) is 5. The predicted octanol–water partition coefficient (Wildman–Crippen LogP) is 7.46. The normalized spacial score (nSPS) is 14.6. The van der Waals surface area contributed by atoms with Crippen LogP contribution in [-0.2, 0) is 17.9 Å². The number of ether oxygens (including phenoxy) is 2. The number of rotatable bonds is 7. The number of carbonyl (C=O) groups is 2. The van der Waals surface area contributed by atoms with Crippen LogP contribution in [0.2, 0.25) is 5.02 Å². The molecule has 0 bridgehead atoms. The van der Waals surface area contributed by atoms with E-state index in [1.807, 2.05) is 42.5 Å². The van der Waals surface area contributed by atoms with Crippen molar-refractivity contribution < 1.29 is 23.5 Å². The van der Waals surface area contributed by atoms with E-state index >= 15 is 0 Å². The minimum Gasteiger partial charge on any atom is -0.493 e. The molecule has 1 aliphatic heterocycles. The molecule has 0 N–H and O–H groups in total. The number of thioether (sulfide) groups is 1. The Balaban J connectivity index is 1.36. The maximum atomic E-state index is 13.2. The van der Waals surface area contributed by atoms with Gasteiger partial charge in [0.05, 0.1) is 23.6 Å². The van der Waals surface area contributed by atoms with E-state index in [4.69, 9.17) is 21.1 Å². The van der Waals surface area contributed by atoms with E-state index in [1.165, 1.54) is 24.1 Å². The lowest BCUT2D eigenvalue weighted by Crippen LogP contribution is -2.27. The van der Waals surface area contributed by atoms with Crippen molar-refractivity contribution in [1.29, 1.82) is 0 Å². The van der Waals surface area contributed by atoms with Crippen molar-refractivity contribution in [1.82, 2.24) is 4.90 Å². The van der Waals surface area contributed by atoms with Gasteiger partial charge >= 0.3 is 0 Å². The summed E-state index contributed by atoms with van der Waals surface area (Å²) in [6.07, 6.45) is 1.62. The van der Waals surface area contributed by atoms with Gasteiger partial charge in [0.25, 0.3) is 11.1 Å². The van der Waals surface area contributed by atoms with Gasteiger partial charge in [-0.25, -0.2) is 4.39 Å². The number of halogens is 2. The van der Waals surface area contributed by atoms with Crippen molar-refractivity contribution in [3.8, 4) is 11.5 Å². The predicted molar refractivity (Wildman–Crippen MR) is 144 cm³/mol. The Labute approximate surface area is 222 Å². The molecule has 0 aliphatic carbocycles. The second-order valence-corrected chi connectivity index (χ2v) is 9.76. The Kier molecular flexibility index (Phi) is 7.17. The van der Waals surface area contributed by atoms with Gasteiger partial charge in [0.2, 0.25) is 0 Å². The summed E-state index contributed by atoms with van der Waals surface area (Å²) in [5, 5.41) is 2.00. The number of methoxy groups -OCH3 is 1. The quantitative estimate of drug-likeness (QED) is 0.231. The Morgan fingerprint density at radius 2 is 1.76 bits per heavy atom. The molecule has 5 nitrogen and oxygen atoms in total. The molecule has 0 atom stereocenters. The van der Waals surface area contributed by atoms with Gasteiger partial charge < -0.3 is 9.47 Å². The van der Waals surface area contributed by atoms with Crippen LogP contribution < -0.4 is 9.47 Å². The number of amides is 2. The highest BCUT2D eigenvalue weighted by Crippen LogP contribution is 2.39. The van der Waals surface area contributed by atoms with E-state index in [0.29, 0.717) is 22.0 Å². The first-order valence-corrected chi connectivity index (χ1v) is 12.6. The second-order valence-electron chi connectivity index (χ2n) is 8.36. The molecule has 4 aromatic carbocycles. The van der Waals surface area contributed by atoms with Crippen LogP contribution in [0.5, 0.6) is 11.5 Å². The average Bonchev–Trinajstić information content (AvgIpc) is 3.16. The highest BCUT2D eigenvalue weighted by Gasteiger charge is 2.35. The molecule has 186 valence electrons. The summed E-state index contributed by atoms with van der Waals surface area (Å²) in [6, 6.07) is 23.0. The van der Waals surface area contributed by atoms with Crippen LogP contribution >= 0.6 is 23.4 Å². The summed E-state index contributed by atoms with van der Waals surface area (Å²) in [5.41, 5.74) is 2.25. The molecule has 0 aromatic heterocycles. The van der Waals surface area contributed by atoms with Gasteiger partial charge in [-0.2, -0.15) is 0 Å². The third-order valence-electron chi connectivity index (χ3n) is 5.93. The fourth-order valence-electron chi connectivity index (χ4n) is 4.09. The van der Waals surface area contributed by atoms with Crippen LogP contribution in [0.4, 0.5) is 9.18 Å². The van der Waals surface area contributed by atoms with E-state index in [-0.39, 0.29) is 35.1 Å². The molecule has 1 aliphatic rings. The van der Waals surface area contributed by atoms with Crippen molar-refractivity contribution in [2.75, 3.05) is 7.11 Å². The molecule has 0 saturated carbocycles. The molecule has 4 aromatic rings. The van der Waals surface area contributed by atoms with Crippen LogP contribution in [0.1, 0.15) is 16.7 Å². The molecule has 1 fully saturated rings. The minimum atomic E-state index is -0.366. The fourth-order valence-corrected chi connectivity index (χ4v) is 5.20. The average molecular weight is 534 g/mol. The molecule has 0 unspecified atom stereocenters. The number of benzene rings is 4. The van der Waals surface area contributed by atoms with E-state index in [0.717, 1.165) is 33.7 Å². The second kappa shape index (κ2) is 10.7. The summed E-state index contributed by atoms with van der Waals surface area (Å²) >= 11 is 7.37. The first-order valence-electron chi connectivity index (χ1n) is 11.4. The zero-order valence-corrected chi connectivity index (χ0v) is 21.3. The summed E-state index contributed by atoms with van der Waals surface area (Å²) in [6.45, 7) is 0.354. The molecule has 1 saturated heterocycles. The maximum absolute atomic E-state index is 13.2. The number of hydrogen-bond donors (Lipinski definition) is 0. The van der Waals surface area contributed by atoms with Crippen LogP contribution in [-0.4, -0.2) is 23.2 Å². The SMILES string of the molecule is COc1cc(/C=C2/SC(=O)N(Cc3cccc4ccccc34)C2=O)cc(Cl)c1OCc1ccc(F)cc1. The van der Waals surface area contributed by atoms with Gasteiger partial charge in [-0.15, -0.1) is 0 Å². The van der Waals surface area contributed by atoms with Crippen molar-refractivity contribution in [3.63, 3.8) is 0 Å². The molecule has 0 spiro atoms. The highest BCUT2D eigenvalue weighted by atomic mass is 35.5. The molecule has 5 rings (SSSR count). The molecular weight excluding hydrogens is 513 g/mol. The number of imide groups is 1. The first-order chi connectivity index (χ1) is 17.9. The maximum Gasteiger partial charge on any atom is 0.293 e. The van der Waals surface area contributed by atoms with E-state index in [9.17, 15) is 14.0 Å². The molecular formula is C29H21ClFNO4S. The van der Waals surface area contributed by atoms with Gasteiger partial charge in [-0.05, 0) is 69.6 Å². The monoisotopic (exact) mass is 533 g/mol. The molecule has 8 heteroatoms.